The zero-order valence-electron chi connectivity index (χ0n) is 9.26. The molecule has 14 heavy (non-hydrogen) atoms. The van der Waals surface area contributed by atoms with E-state index in [-0.39, 0.29) is 0 Å². The fourth-order valence-electron chi connectivity index (χ4n) is 1.62. The molecule has 1 saturated heterocycles. The third-order valence-electron chi connectivity index (χ3n) is 2.47. The molecule has 0 saturated carbocycles. The molecule has 84 valence electrons. The van der Waals surface area contributed by atoms with Gasteiger partial charge >= 0.3 is 0 Å². The molecule has 0 aromatic carbocycles. The van der Waals surface area contributed by atoms with E-state index in [1.807, 2.05) is 0 Å². The summed E-state index contributed by atoms with van der Waals surface area (Å²) in [5.41, 5.74) is 0. The minimum atomic E-state index is 0.378. The molecule has 0 aromatic rings. The van der Waals surface area contributed by atoms with Crippen molar-refractivity contribution in [3.63, 3.8) is 0 Å². The monoisotopic (exact) mass is 201 g/mol. The molecule has 0 radical (unpaired) electrons. The smallest absolute Gasteiger partial charge is 0.0809 e. The van der Waals surface area contributed by atoms with E-state index < -0.39 is 0 Å². The first-order chi connectivity index (χ1) is 6.93. The van der Waals surface area contributed by atoms with E-state index in [9.17, 15) is 0 Å². The maximum Gasteiger partial charge on any atom is 0.0809 e. The maximum atomic E-state index is 5.54. The number of hydrogen-bond acceptors (Lipinski definition) is 3. The Morgan fingerprint density at radius 1 is 1.43 bits per heavy atom. The Morgan fingerprint density at radius 3 is 3.07 bits per heavy atom. The highest BCUT2D eigenvalue weighted by atomic mass is 16.5. The van der Waals surface area contributed by atoms with Gasteiger partial charge in [-0.05, 0) is 38.8 Å². The molecule has 0 spiro atoms. The van der Waals surface area contributed by atoms with E-state index in [1.165, 1.54) is 19.3 Å². The van der Waals surface area contributed by atoms with Gasteiger partial charge in [0.2, 0.25) is 0 Å². The number of ether oxygens (including phenoxy) is 2. The van der Waals surface area contributed by atoms with Crippen molar-refractivity contribution in [2.24, 2.45) is 0 Å². The van der Waals surface area contributed by atoms with E-state index in [0.717, 1.165) is 39.3 Å². The zero-order valence-corrected chi connectivity index (χ0v) is 9.26. The molecule has 0 aromatic heterocycles. The van der Waals surface area contributed by atoms with Crippen LogP contribution in [0, 0.1) is 0 Å². The number of unbranched alkanes of at least 4 members (excludes halogenated alkanes) is 1. The second-order valence-electron chi connectivity index (χ2n) is 3.77. The molecule has 1 atom stereocenters. The van der Waals surface area contributed by atoms with Crippen molar-refractivity contribution >= 4 is 0 Å². The lowest BCUT2D eigenvalue weighted by atomic mass is 10.2. The average molecular weight is 201 g/mol. The standard InChI is InChI=1S/C11H23NO2/c1-2-12-7-3-4-8-13-10-11-6-5-9-14-11/h11-12H,2-10H2,1H3. The van der Waals surface area contributed by atoms with Crippen LogP contribution in [-0.4, -0.2) is 39.0 Å². The van der Waals surface area contributed by atoms with Gasteiger partial charge in [-0.3, -0.25) is 0 Å². The third-order valence-corrected chi connectivity index (χ3v) is 2.47. The summed E-state index contributed by atoms with van der Waals surface area (Å²) in [4.78, 5) is 0. The van der Waals surface area contributed by atoms with Gasteiger partial charge in [-0.1, -0.05) is 6.92 Å². The van der Waals surface area contributed by atoms with Gasteiger partial charge in [0.25, 0.3) is 0 Å². The lowest BCUT2D eigenvalue weighted by Crippen LogP contribution is -2.16. The van der Waals surface area contributed by atoms with Gasteiger partial charge in [0.05, 0.1) is 12.7 Å². The number of nitrogens with one attached hydrogen (secondary N) is 1. The van der Waals surface area contributed by atoms with Crippen LogP contribution in [0.15, 0.2) is 0 Å². The second-order valence-corrected chi connectivity index (χ2v) is 3.77. The Morgan fingerprint density at radius 2 is 2.36 bits per heavy atom. The van der Waals surface area contributed by atoms with Crippen LogP contribution in [0.25, 0.3) is 0 Å². The van der Waals surface area contributed by atoms with Crippen molar-refractivity contribution in [1.82, 2.24) is 5.32 Å². The van der Waals surface area contributed by atoms with E-state index >= 15 is 0 Å². The lowest BCUT2D eigenvalue weighted by Gasteiger charge is -2.09. The molecular weight excluding hydrogens is 178 g/mol. The van der Waals surface area contributed by atoms with Gasteiger partial charge in [-0.15, -0.1) is 0 Å². The van der Waals surface area contributed by atoms with Crippen LogP contribution in [0.4, 0.5) is 0 Å². The SMILES string of the molecule is CCNCCCCOCC1CCCO1. The molecule has 0 bridgehead atoms. The summed E-state index contributed by atoms with van der Waals surface area (Å²) in [6.07, 6.45) is 5.12. The molecule has 1 aliphatic heterocycles. The first-order valence-electron chi connectivity index (χ1n) is 5.83. The summed E-state index contributed by atoms with van der Waals surface area (Å²) >= 11 is 0. The van der Waals surface area contributed by atoms with Crippen LogP contribution >= 0.6 is 0 Å². The summed E-state index contributed by atoms with van der Waals surface area (Å²) in [7, 11) is 0. The van der Waals surface area contributed by atoms with Crippen molar-refractivity contribution in [3.8, 4) is 0 Å². The van der Waals surface area contributed by atoms with Crippen molar-refractivity contribution in [3.05, 3.63) is 0 Å². The van der Waals surface area contributed by atoms with Crippen molar-refractivity contribution in [2.75, 3.05) is 32.9 Å². The van der Waals surface area contributed by atoms with Gasteiger partial charge in [-0.2, -0.15) is 0 Å². The molecule has 1 heterocycles. The topological polar surface area (TPSA) is 30.5 Å². The minimum Gasteiger partial charge on any atom is -0.379 e. The Kier molecular flexibility index (Phi) is 7.01. The minimum absolute atomic E-state index is 0.378. The molecule has 3 heteroatoms. The van der Waals surface area contributed by atoms with Gasteiger partial charge in [0.15, 0.2) is 0 Å². The lowest BCUT2D eigenvalue weighted by molar-refractivity contribution is 0.0162. The third kappa shape index (κ3) is 5.58. The highest BCUT2D eigenvalue weighted by molar-refractivity contribution is 4.63. The van der Waals surface area contributed by atoms with Crippen LogP contribution in [-0.2, 0) is 9.47 Å². The molecule has 1 aliphatic rings. The number of rotatable bonds is 8. The Balaban J connectivity index is 1.75. The van der Waals surface area contributed by atoms with Crippen molar-refractivity contribution in [1.29, 1.82) is 0 Å². The predicted octanol–water partition coefficient (Wildman–Crippen LogP) is 1.57. The van der Waals surface area contributed by atoms with Crippen molar-refractivity contribution < 1.29 is 9.47 Å². The zero-order chi connectivity index (χ0) is 10.1. The van der Waals surface area contributed by atoms with Crippen LogP contribution in [0.5, 0.6) is 0 Å². The summed E-state index contributed by atoms with van der Waals surface area (Å²) in [5.74, 6) is 0. The van der Waals surface area contributed by atoms with Gasteiger partial charge in [0.1, 0.15) is 0 Å². The van der Waals surface area contributed by atoms with E-state index in [4.69, 9.17) is 9.47 Å². The predicted molar refractivity (Wildman–Crippen MR) is 57.6 cm³/mol. The molecule has 3 nitrogen and oxygen atoms in total. The van der Waals surface area contributed by atoms with Gasteiger partial charge < -0.3 is 14.8 Å². The number of hydrogen-bond donors (Lipinski definition) is 1. The fraction of sp³-hybridized carbons (Fsp3) is 1.00. The fourth-order valence-corrected chi connectivity index (χ4v) is 1.62. The van der Waals surface area contributed by atoms with Crippen molar-refractivity contribution in [2.45, 2.75) is 38.7 Å². The van der Waals surface area contributed by atoms with E-state index in [0.29, 0.717) is 6.10 Å². The Hall–Kier alpha value is -0.120. The maximum absolute atomic E-state index is 5.54. The normalized spacial score (nSPS) is 21.6. The summed E-state index contributed by atoms with van der Waals surface area (Å²) in [6.45, 7) is 6.91. The van der Waals surface area contributed by atoms with Crippen LogP contribution in [0.3, 0.4) is 0 Å². The van der Waals surface area contributed by atoms with Gasteiger partial charge in [-0.25, -0.2) is 0 Å². The summed E-state index contributed by atoms with van der Waals surface area (Å²) < 4.78 is 11.0. The summed E-state index contributed by atoms with van der Waals surface area (Å²) in [5, 5.41) is 3.30. The molecule has 1 fully saturated rings. The Bertz CT molecular complexity index is 124. The largest absolute Gasteiger partial charge is 0.379 e. The Labute approximate surface area is 87.2 Å². The highest BCUT2D eigenvalue weighted by Gasteiger charge is 2.14. The highest BCUT2D eigenvalue weighted by Crippen LogP contribution is 2.11. The molecule has 1 unspecified atom stereocenters. The molecule has 1 N–H and O–H groups in total. The average Bonchev–Trinajstić information content (AvgIpc) is 2.69. The van der Waals surface area contributed by atoms with Crippen LogP contribution in [0.2, 0.25) is 0 Å². The van der Waals surface area contributed by atoms with E-state index in [2.05, 4.69) is 12.2 Å². The molecule has 1 rings (SSSR count). The van der Waals surface area contributed by atoms with E-state index in [1.54, 1.807) is 0 Å². The first kappa shape index (κ1) is 12.0. The molecule has 0 amide bonds. The van der Waals surface area contributed by atoms with Gasteiger partial charge in [0, 0.05) is 13.2 Å². The first-order valence-corrected chi connectivity index (χ1v) is 5.83. The van der Waals surface area contributed by atoms with Crippen LogP contribution in [0.1, 0.15) is 32.6 Å². The quantitative estimate of drug-likeness (QED) is 0.605. The van der Waals surface area contributed by atoms with Crippen LogP contribution < -0.4 is 5.32 Å². The summed E-state index contributed by atoms with van der Waals surface area (Å²) in [6, 6.07) is 0. The second kappa shape index (κ2) is 8.21. The molecule has 0 aliphatic carbocycles. The molecular formula is C11H23NO2.